The molecule has 2 nitrogen and oxygen atoms in total. The van der Waals surface area contributed by atoms with Gasteiger partial charge in [-0.25, -0.2) is 0 Å². The third kappa shape index (κ3) is 2.02. The average molecular weight is 242 g/mol. The molecule has 2 N–H and O–H groups in total. The third-order valence-corrected chi connectivity index (χ3v) is 6.12. The highest BCUT2D eigenvalue weighted by molar-refractivity contribution is 8.00. The molecule has 3 atom stereocenters. The maximum absolute atomic E-state index is 6.17. The van der Waals surface area contributed by atoms with Crippen LogP contribution in [-0.4, -0.2) is 40.6 Å². The smallest absolute Gasteiger partial charge is 0.0450 e. The number of rotatable bonds is 3. The average Bonchev–Trinajstić information content (AvgIpc) is 2.78. The molecule has 2 fully saturated rings. The highest BCUT2D eigenvalue weighted by Crippen LogP contribution is 2.41. The van der Waals surface area contributed by atoms with Gasteiger partial charge >= 0.3 is 0 Å². The number of likely N-dealkylation sites (tertiary alicyclic amines) is 1. The van der Waals surface area contributed by atoms with E-state index < -0.39 is 0 Å². The standard InChI is InChI=1S/C13H26N2S/c1-3-12-6-4-8-15(12)13(10-14)7-5-9-16-11(13)2/h11-12H,3-10,14H2,1-2H3. The Morgan fingerprint density at radius 1 is 1.44 bits per heavy atom. The molecule has 2 aliphatic heterocycles. The van der Waals surface area contributed by atoms with Crippen molar-refractivity contribution in [3.8, 4) is 0 Å². The topological polar surface area (TPSA) is 29.3 Å². The van der Waals surface area contributed by atoms with Crippen molar-refractivity contribution in [1.29, 1.82) is 0 Å². The first kappa shape index (κ1) is 12.7. The first-order valence-electron chi connectivity index (χ1n) is 6.83. The summed E-state index contributed by atoms with van der Waals surface area (Å²) in [4.78, 5) is 2.77. The molecule has 0 aliphatic carbocycles. The first-order valence-corrected chi connectivity index (χ1v) is 7.88. The van der Waals surface area contributed by atoms with E-state index >= 15 is 0 Å². The van der Waals surface area contributed by atoms with Crippen molar-refractivity contribution in [3.05, 3.63) is 0 Å². The van der Waals surface area contributed by atoms with E-state index in [4.69, 9.17) is 5.73 Å². The Balaban J connectivity index is 2.18. The molecule has 0 spiro atoms. The summed E-state index contributed by atoms with van der Waals surface area (Å²) in [6, 6.07) is 0.796. The van der Waals surface area contributed by atoms with Gasteiger partial charge in [-0.15, -0.1) is 0 Å². The Morgan fingerprint density at radius 3 is 2.88 bits per heavy atom. The Morgan fingerprint density at radius 2 is 2.25 bits per heavy atom. The molecular formula is C13H26N2S. The summed E-state index contributed by atoms with van der Waals surface area (Å²) in [7, 11) is 0. The maximum atomic E-state index is 6.17. The van der Waals surface area contributed by atoms with Crippen molar-refractivity contribution in [3.63, 3.8) is 0 Å². The van der Waals surface area contributed by atoms with Crippen LogP contribution < -0.4 is 5.73 Å². The molecule has 0 aromatic rings. The van der Waals surface area contributed by atoms with Crippen molar-refractivity contribution >= 4 is 11.8 Å². The number of nitrogens with zero attached hydrogens (tertiary/aromatic N) is 1. The molecule has 3 unspecified atom stereocenters. The van der Waals surface area contributed by atoms with Gasteiger partial charge in [0.2, 0.25) is 0 Å². The zero-order chi connectivity index (χ0) is 11.6. The summed E-state index contributed by atoms with van der Waals surface area (Å²) in [6.45, 7) is 6.84. The first-order chi connectivity index (χ1) is 7.74. The molecular weight excluding hydrogens is 216 g/mol. The van der Waals surface area contributed by atoms with E-state index in [1.54, 1.807) is 0 Å². The quantitative estimate of drug-likeness (QED) is 0.824. The van der Waals surface area contributed by atoms with Crippen molar-refractivity contribution in [2.24, 2.45) is 5.73 Å². The van der Waals surface area contributed by atoms with Crippen LogP contribution in [0, 0.1) is 0 Å². The van der Waals surface area contributed by atoms with E-state index in [-0.39, 0.29) is 0 Å². The van der Waals surface area contributed by atoms with Gasteiger partial charge < -0.3 is 5.73 Å². The minimum atomic E-state index is 0.306. The molecule has 0 bridgehead atoms. The minimum Gasteiger partial charge on any atom is -0.329 e. The normalized spacial score (nSPS) is 41.4. The lowest BCUT2D eigenvalue weighted by molar-refractivity contribution is 0.0672. The number of hydrogen-bond acceptors (Lipinski definition) is 3. The lowest BCUT2D eigenvalue weighted by Gasteiger charge is -2.50. The predicted octanol–water partition coefficient (Wildman–Crippen LogP) is 2.47. The number of hydrogen-bond donors (Lipinski definition) is 1. The summed E-state index contributed by atoms with van der Waals surface area (Å²) in [6.07, 6.45) is 6.71. The monoisotopic (exact) mass is 242 g/mol. The second-order valence-corrected chi connectivity index (χ2v) is 6.77. The van der Waals surface area contributed by atoms with E-state index in [0.29, 0.717) is 10.8 Å². The fraction of sp³-hybridized carbons (Fsp3) is 1.00. The van der Waals surface area contributed by atoms with Crippen LogP contribution in [0.5, 0.6) is 0 Å². The van der Waals surface area contributed by atoms with Crippen molar-refractivity contribution in [2.45, 2.75) is 62.8 Å². The van der Waals surface area contributed by atoms with Crippen molar-refractivity contribution < 1.29 is 0 Å². The highest BCUT2D eigenvalue weighted by Gasteiger charge is 2.46. The van der Waals surface area contributed by atoms with Gasteiger partial charge in [0.1, 0.15) is 0 Å². The molecule has 2 saturated heterocycles. The molecule has 0 aromatic heterocycles. The van der Waals surface area contributed by atoms with Crippen molar-refractivity contribution in [1.82, 2.24) is 4.90 Å². The van der Waals surface area contributed by atoms with Crippen molar-refractivity contribution in [2.75, 3.05) is 18.8 Å². The molecule has 0 aromatic carbocycles. The van der Waals surface area contributed by atoms with Gasteiger partial charge in [0.25, 0.3) is 0 Å². The highest BCUT2D eigenvalue weighted by atomic mass is 32.2. The minimum absolute atomic E-state index is 0.306. The Bertz CT molecular complexity index is 234. The molecule has 0 amide bonds. The van der Waals surface area contributed by atoms with E-state index in [0.717, 1.165) is 12.6 Å². The van der Waals surface area contributed by atoms with Crippen LogP contribution in [0.3, 0.4) is 0 Å². The van der Waals surface area contributed by atoms with Crippen LogP contribution in [0.25, 0.3) is 0 Å². The van der Waals surface area contributed by atoms with E-state index in [1.165, 1.54) is 44.4 Å². The second-order valence-electron chi connectivity index (χ2n) is 5.32. The van der Waals surface area contributed by atoms with Crippen LogP contribution >= 0.6 is 11.8 Å². The van der Waals surface area contributed by atoms with Crippen LogP contribution in [0.2, 0.25) is 0 Å². The molecule has 2 rings (SSSR count). The molecule has 0 saturated carbocycles. The second kappa shape index (κ2) is 5.28. The fourth-order valence-electron chi connectivity index (χ4n) is 3.61. The zero-order valence-electron chi connectivity index (χ0n) is 10.7. The Labute approximate surface area is 104 Å². The molecule has 16 heavy (non-hydrogen) atoms. The summed E-state index contributed by atoms with van der Waals surface area (Å²) in [5.41, 5.74) is 6.48. The largest absolute Gasteiger partial charge is 0.329 e. The van der Waals surface area contributed by atoms with Gasteiger partial charge in [-0.3, -0.25) is 4.90 Å². The van der Waals surface area contributed by atoms with E-state index in [2.05, 4.69) is 30.5 Å². The molecule has 0 radical (unpaired) electrons. The Hall–Kier alpha value is 0.270. The van der Waals surface area contributed by atoms with Gasteiger partial charge in [-0.2, -0.15) is 11.8 Å². The van der Waals surface area contributed by atoms with Gasteiger partial charge in [0.05, 0.1) is 0 Å². The summed E-state index contributed by atoms with van der Waals surface area (Å²) in [5, 5.41) is 0.707. The number of nitrogens with two attached hydrogens (primary N) is 1. The lowest BCUT2D eigenvalue weighted by Crippen LogP contribution is -2.62. The summed E-state index contributed by atoms with van der Waals surface area (Å²) < 4.78 is 0. The van der Waals surface area contributed by atoms with Crippen LogP contribution in [-0.2, 0) is 0 Å². The van der Waals surface area contributed by atoms with Gasteiger partial charge in [0, 0.05) is 23.4 Å². The summed E-state index contributed by atoms with van der Waals surface area (Å²) in [5.74, 6) is 1.33. The van der Waals surface area contributed by atoms with Crippen LogP contribution in [0.1, 0.15) is 46.0 Å². The molecule has 3 heteroatoms. The SMILES string of the molecule is CCC1CCCN1C1(CN)CCCSC1C. The van der Waals surface area contributed by atoms with E-state index in [9.17, 15) is 0 Å². The Kier molecular flexibility index (Phi) is 4.20. The summed E-state index contributed by atoms with van der Waals surface area (Å²) >= 11 is 2.13. The van der Waals surface area contributed by atoms with Gasteiger partial charge in [-0.1, -0.05) is 13.8 Å². The lowest BCUT2D eigenvalue weighted by atomic mass is 9.86. The molecule has 94 valence electrons. The van der Waals surface area contributed by atoms with Crippen LogP contribution in [0.15, 0.2) is 0 Å². The zero-order valence-corrected chi connectivity index (χ0v) is 11.6. The van der Waals surface area contributed by atoms with E-state index in [1.807, 2.05) is 0 Å². The molecule has 2 heterocycles. The fourth-order valence-corrected chi connectivity index (χ4v) is 4.93. The predicted molar refractivity (Wildman–Crippen MR) is 73.0 cm³/mol. The van der Waals surface area contributed by atoms with Gasteiger partial charge in [0.15, 0.2) is 0 Å². The third-order valence-electron chi connectivity index (χ3n) is 4.65. The number of thioether (sulfide) groups is 1. The molecule has 2 aliphatic rings. The van der Waals surface area contributed by atoms with Gasteiger partial charge in [-0.05, 0) is 44.4 Å². The van der Waals surface area contributed by atoms with Crippen LogP contribution in [0.4, 0.5) is 0 Å². The maximum Gasteiger partial charge on any atom is 0.0450 e.